The van der Waals surface area contributed by atoms with Gasteiger partial charge in [-0.25, -0.2) is 0 Å². The summed E-state index contributed by atoms with van der Waals surface area (Å²) in [7, 11) is 0. The van der Waals surface area contributed by atoms with Crippen LogP contribution in [-0.4, -0.2) is 4.98 Å². The molecule has 1 aromatic heterocycles. The maximum Gasteiger partial charge on any atom is 0.416 e. The number of aromatic nitrogens is 1. The maximum absolute atomic E-state index is 12.6. The molecule has 0 aliphatic carbocycles. The third-order valence-corrected chi connectivity index (χ3v) is 2.31. The Kier molecular flexibility index (Phi) is 2.50. The first-order valence-corrected chi connectivity index (χ1v) is 4.79. The maximum atomic E-state index is 12.6. The number of H-pyrrole nitrogens is 1. The molecule has 1 heterocycles. The molecule has 0 bridgehead atoms. The molecule has 1 N–H and O–H groups in total. The molecular weight excluding hydrogens is 215 g/mol. The quantitative estimate of drug-likeness (QED) is 0.754. The third kappa shape index (κ3) is 2.10. The van der Waals surface area contributed by atoms with Crippen molar-refractivity contribution in [2.45, 2.75) is 13.1 Å². The molecule has 1 aromatic carbocycles. The minimum Gasteiger partial charge on any atom is -0.361 e. The summed E-state index contributed by atoms with van der Waals surface area (Å²) in [5.74, 6) is 0. The summed E-state index contributed by atoms with van der Waals surface area (Å²) in [5.41, 5.74) is 1.23. The van der Waals surface area contributed by atoms with E-state index in [2.05, 4.69) is 4.98 Å². The van der Waals surface area contributed by atoms with Gasteiger partial charge in [-0.15, -0.1) is 0 Å². The van der Waals surface area contributed by atoms with Crippen molar-refractivity contribution in [1.82, 2.24) is 4.98 Å². The van der Waals surface area contributed by atoms with Gasteiger partial charge in [0.25, 0.3) is 0 Å². The highest BCUT2D eigenvalue weighted by atomic mass is 19.4. The first-order valence-electron chi connectivity index (χ1n) is 4.79. The Morgan fingerprint density at radius 1 is 1.12 bits per heavy atom. The van der Waals surface area contributed by atoms with Crippen LogP contribution in [0.2, 0.25) is 0 Å². The molecule has 0 amide bonds. The lowest BCUT2D eigenvalue weighted by Gasteiger charge is -2.09. The van der Waals surface area contributed by atoms with Gasteiger partial charge in [-0.3, -0.25) is 0 Å². The van der Waals surface area contributed by atoms with Crippen molar-refractivity contribution in [3.8, 4) is 11.3 Å². The fourth-order valence-corrected chi connectivity index (χ4v) is 1.61. The van der Waals surface area contributed by atoms with Crippen LogP contribution in [-0.2, 0) is 6.18 Å². The van der Waals surface area contributed by atoms with E-state index in [4.69, 9.17) is 0 Å². The van der Waals surface area contributed by atoms with E-state index < -0.39 is 11.7 Å². The minimum absolute atomic E-state index is 0.553. The Bertz CT molecular complexity index is 483. The zero-order chi connectivity index (χ0) is 11.8. The number of hydrogen-bond acceptors (Lipinski definition) is 0. The van der Waals surface area contributed by atoms with Crippen molar-refractivity contribution in [3.05, 3.63) is 47.7 Å². The van der Waals surface area contributed by atoms with Gasteiger partial charge in [-0.2, -0.15) is 13.2 Å². The summed E-state index contributed by atoms with van der Waals surface area (Å²) < 4.78 is 37.7. The number of benzene rings is 1. The van der Waals surface area contributed by atoms with Crippen LogP contribution >= 0.6 is 0 Å². The van der Waals surface area contributed by atoms with Crippen LogP contribution in [0.5, 0.6) is 0 Å². The average Bonchev–Trinajstić information content (AvgIpc) is 2.68. The van der Waals surface area contributed by atoms with Crippen LogP contribution in [0.4, 0.5) is 13.2 Å². The number of rotatable bonds is 1. The molecular formula is C12H10F3N. The van der Waals surface area contributed by atoms with E-state index in [1.807, 2.05) is 0 Å². The van der Waals surface area contributed by atoms with Crippen LogP contribution in [0, 0.1) is 6.92 Å². The van der Waals surface area contributed by atoms with Crippen molar-refractivity contribution in [3.63, 3.8) is 0 Å². The Morgan fingerprint density at radius 2 is 1.88 bits per heavy atom. The topological polar surface area (TPSA) is 15.8 Å². The first kappa shape index (κ1) is 10.8. The lowest BCUT2D eigenvalue weighted by molar-refractivity contribution is -0.137. The van der Waals surface area contributed by atoms with Crippen LogP contribution in [0.3, 0.4) is 0 Å². The Hall–Kier alpha value is -1.71. The van der Waals surface area contributed by atoms with Gasteiger partial charge in [0.1, 0.15) is 0 Å². The van der Waals surface area contributed by atoms with Gasteiger partial charge in [0.2, 0.25) is 0 Å². The molecule has 0 aliphatic heterocycles. The van der Waals surface area contributed by atoms with E-state index in [1.54, 1.807) is 31.3 Å². The molecule has 0 spiro atoms. The molecule has 1 nitrogen and oxygen atoms in total. The van der Waals surface area contributed by atoms with E-state index in [-0.39, 0.29) is 0 Å². The smallest absolute Gasteiger partial charge is 0.361 e. The largest absolute Gasteiger partial charge is 0.416 e. The molecule has 2 rings (SSSR count). The molecule has 0 atom stereocenters. The summed E-state index contributed by atoms with van der Waals surface area (Å²) in [5, 5.41) is 0. The van der Waals surface area contributed by atoms with Crippen LogP contribution < -0.4 is 0 Å². The predicted molar refractivity (Wildman–Crippen MR) is 56.0 cm³/mol. The van der Waals surface area contributed by atoms with Gasteiger partial charge < -0.3 is 4.98 Å². The van der Waals surface area contributed by atoms with Crippen molar-refractivity contribution in [2.24, 2.45) is 0 Å². The highest BCUT2D eigenvalue weighted by Gasteiger charge is 2.30. The van der Waals surface area contributed by atoms with Crippen molar-refractivity contribution in [2.75, 3.05) is 0 Å². The van der Waals surface area contributed by atoms with Gasteiger partial charge in [-0.1, -0.05) is 0 Å². The van der Waals surface area contributed by atoms with Gasteiger partial charge in [-0.05, 0) is 48.4 Å². The van der Waals surface area contributed by atoms with Gasteiger partial charge in [0, 0.05) is 11.9 Å². The number of nitrogens with one attached hydrogen (secondary N) is 1. The summed E-state index contributed by atoms with van der Waals surface area (Å²) in [4.78, 5) is 2.89. The summed E-state index contributed by atoms with van der Waals surface area (Å²) in [6.07, 6.45) is -2.61. The zero-order valence-corrected chi connectivity index (χ0v) is 8.60. The lowest BCUT2D eigenvalue weighted by atomic mass is 10.0. The van der Waals surface area contributed by atoms with Crippen molar-refractivity contribution >= 4 is 0 Å². The second-order valence-corrected chi connectivity index (χ2v) is 3.67. The SMILES string of the molecule is Cc1cc(-c2ccc[nH]2)cc(C(F)(F)F)c1. The Balaban J connectivity index is 2.53. The molecule has 0 saturated heterocycles. The van der Waals surface area contributed by atoms with Crippen molar-refractivity contribution in [1.29, 1.82) is 0 Å². The average molecular weight is 225 g/mol. The van der Waals surface area contributed by atoms with Crippen molar-refractivity contribution < 1.29 is 13.2 Å². The summed E-state index contributed by atoms with van der Waals surface area (Å²) in [6.45, 7) is 1.65. The monoisotopic (exact) mass is 225 g/mol. The second kappa shape index (κ2) is 3.70. The minimum atomic E-state index is -4.30. The number of aryl methyl sites for hydroxylation is 1. The third-order valence-electron chi connectivity index (χ3n) is 2.31. The zero-order valence-electron chi connectivity index (χ0n) is 8.60. The van der Waals surface area contributed by atoms with Crippen LogP contribution in [0.1, 0.15) is 11.1 Å². The highest BCUT2D eigenvalue weighted by molar-refractivity contribution is 5.61. The molecule has 2 aromatic rings. The number of aromatic amines is 1. The second-order valence-electron chi connectivity index (χ2n) is 3.67. The summed E-state index contributed by atoms with van der Waals surface area (Å²) in [6, 6.07) is 7.52. The van der Waals surface area contributed by atoms with E-state index in [9.17, 15) is 13.2 Å². The molecule has 4 heteroatoms. The van der Waals surface area contributed by atoms with Crippen LogP contribution in [0.15, 0.2) is 36.5 Å². The number of hydrogen-bond donors (Lipinski definition) is 1. The van der Waals surface area contributed by atoms with E-state index in [1.165, 1.54) is 0 Å². The normalized spacial score (nSPS) is 11.8. The Labute approximate surface area is 90.9 Å². The number of halogens is 3. The van der Waals surface area contributed by atoms with Crippen LogP contribution in [0.25, 0.3) is 11.3 Å². The number of alkyl halides is 3. The summed E-state index contributed by atoms with van der Waals surface area (Å²) >= 11 is 0. The van der Waals surface area contributed by atoms with E-state index in [0.717, 1.165) is 12.1 Å². The van der Waals surface area contributed by atoms with Gasteiger partial charge in [0.05, 0.1) is 5.56 Å². The molecule has 84 valence electrons. The fraction of sp³-hybridized carbons (Fsp3) is 0.167. The fourth-order valence-electron chi connectivity index (χ4n) is 1.61. The molecule has 0 aliphatic rings. The standard InChI is InChI=1S/C12H10F3N/c1-8-5-9(11-3-2-4-16-11)7-10(6-8)12(13,14)15/h2-7,16H,1H3. The molecule has 16 heavy (non-hydrogen) atoms. The van der Waals surface area contributed by atoms with Gasteiger partial charge in [0.15, 0.2) is 0 Å². The lowest BCUT2D eigenvalue weighted by Crippen LogP contribution is -2.05. The van der Waals surface area contributed by atoms with E-state index in [0.29, 0.717) is 16.8 Å². The molecule has 0 saturated carbocycles. The molecule has 0 radical (unpaired) electrons. The molecule has 0 fully saturated rings. The van der Waals surface area contributed by atoms with E-state index >= 15 is 0 Å². The predicted octanol–water partition coefficient (Wildman–Crippen LogP) is 4.01. The molecule has 0 unspecified atom stereocenters. The van der Waals surface area contributed by atoms with Gasteiger partial charge >= 0.3 is 6.18 Å². The highest BCUT2D eigenvalue weighted by Crippen LogP contribution is 2.32. The first-order chi connectivity index (χ1) is 7.47. The Morgan fingerprint density at radius 3 is 2.44 bits per heavy atom.